The summed E-state index contributed by atoms with van der Waals surface area (Å²) in [5.41, 5.74) is 5.70. The van der Waals surface area contributed by atoms with Crippen LogP contribution < -0.4 is 5.32 Å². The highest BCUT2D eigenvalue weighted by atomic mass is 16.5. The Morgan fingerprint density at radius 3 is 2.69 bits per heavy atom. The lowest BCUT2D eigenvalue weighted by atomic mass is 10.0. The number of rotatable bonds is 7. The molecule has 1 atom stereocenters. The minimum absolute atomic E-state index is 0.0538. The number of nitrogens with one attached hydrogen (secondary N) is 1. The molecule has 7 nitrogen and oxygen atoms in total. The lowest BCUT2D eigenvalue weighted by Crippen LogP contribution is -2.19. The van der Waals surface area contributed by atoms with E-state index in [1.165, 1.54) is 0 Å². The maximum Gasteiger partial charge on any atom is 0.224 e. The molecule has 1 unspecified atom stereocenters. The molecule has 6 rings (SSSR count). The third kappa shape index (κ3) is 5.06. The van der Waals surface area contributed by atoms with Crippen LogP contribution >= 0.6 is 0 Å². The number of amides is 1. The molecule has 182 valence electrons. The van der Waals surface area contributed by atoms with Gasteiger partial charge in [-0.3, -0.25) is 14.8 Å². The Bertz CT molecular complexity index is 1400. The van der Waals surface area contributed by atoms with Crippen LogP contribution in [-0.2, 0) is 9.53 Å². The Kier molecular flexibility index (Phi) is 6.30. The SMILES string of the molecule is O=C(CC1CC1)Nc1cncc(-c2ccc3c(c2)c(/C=C/c2ccncc2)nn3C2CCCCO2)c1. The molecule has 7 heteroatoms. The van der Waals surface area contributed by atoms with Gasteiger partial charge in [-0.1, -0.05) is 12.1 Å². The van der Waals surface area contributed by atoms with E-state index in [0.717, 1.165) is 77.7 Å². The summed E-state index contributed by atoms with van der Waals surface area (Å²) in [7, 11) is 0. The molecule has 3 aromatic heterocycles. The highest BCUT2D eigenvalue weighted by Crippen LogP contribution is 2.34. The molecule has 0 spiro atoms. The molecule has 1 amide bonds. The van der Waals surface area contributed by atoms with Gasteiger partial charge in [0, 0.05) is 42.6 Å². The van der Waals surface area contributed by atoms with Crippen molar-refractivity contribution in [3.8, 4) is 11.1 Å². The van der Waals surface area contributed by atoms with E-state index in [-0.39, 0.29) is 12.1 Å². The van der Waals surface area contributed by atoms with Crippen molar-refractivity contribution in [2.75, 3.05) is 11.9 Å². The zero-order valence-corrected chi connectivity index (χ0v) is 20.1. The molecule has 2 fully saturated rings. The molecule has 1 N–H and O–H groups in total. The van der Waals surface area contributed by atoms with Crippen LogP contribution in [0.5, 0.6) is 0 Å². The second-order valence-corrected chi connectivity index (χ2v) is 9.65. The van der Waals surface area contributed by atoms with E-state index in [0.29, 0.717) is 12.3 Å². The topological polar surface area (TPSA) is 81.9 Å². The Labute approximate surface area is 210 Å². The maximum atomic E-state index is 12.3. The number of pyridine rings is 2. The molecule has 1 saturated heterocycles. The normalized spacial score (nSPS) is 18.1. The molecule has 4 aromatic rings. The van der Waals surface area contributed by atoms with Gasteiger partial charge in [0.2, 0.25) is 5.91 Å². The van der Waals surface area contributed by atoms with Crippen LogP contribution in [0.25, 0.3) is 34.2 Å². The number of nitrogens with zero attached hydrogens (tertiary/aromatic N) is 4. The smallest absolute Gasteiger partial charge is 0.224 e. The van der Waals surface area contributed by atoms with Gasteiger partial charge in [0.25, 0.3) is 0 Å². The van der Waals surface area contributed by atoms with Gasteiger partial charge in [0.15, 0.2) is 6.23 Å². The van der Waals surface area contributed by atoms with Crippen LogP contribution in [0.3, 0.4) is 0 Å². The molecule has 36 heavy (non-hydrogen) atoms. The number of anilines is 1. The monoisotopic (exact) mass is 479 g/mol. The van der Waals surface area contributed by atoms with Crippen LogP contribution in [0.15, 0.2) is 61.2 Å². The van der Waals surface area contributed by atoms with E-state index in [9.17, 15) is 4.79 Å². The molecule has 0 radical (unpaired) electrons. The van der Waals surface area contributed by atoms with Gasteiger partial charge in [-0.25, -0.2) is 4.68 Å². The first kappa shape index (κ1) is 22.6. The van der Waals surface area contributed by atoms with Crippen LogP contribution in [0, 0.1) is 5.92 Å². The van der Waals surface area contributed by atoms with Gasteiger partial charge >= 0.3 is 0 Å². The molecule has 0 bridgehead atoms. The number of hydrogen-bond acceptors (Lipinski definition) is 5. The first-order chi connectivity index (χ1) is 17.7. The minimum atomic E-state index is -0.0538. The lowest BCUT2D eigenvalue weighted by Gasteiger charge is -2.23. The molecule has 1 aromatic carbocycles. The van der Waals surface area contributed by atoms with Crippen molar-refractivity contribution in [3.05, 3.63) is 72.4 Å². The maximum absolute atomic E-state index is 12.3. The van der Waals surface area contributed by atoms with E-state index in [4.69, 9.17) is 9.84 Å². The summed E-state index contributed by atoms with van der Waals surface area (Å²) in [6, 6.07) is 12.3. The number of ether oxygens (including phenoxy) is 1. The van der Waals surface area contributed by atoms with Crippen LogP contribution in [0.1, 0.15) is 56.0 Å². The summed E-state index contributed by atoms with van der Waals surface area (Å²) in [4.78, 5) is 20.8. The largest absolute Gasteiger partial charge is 0.356 e. The van der Waals surface area contributed by atoms with Crippen molar-refractivity contribution in [1.29, 1.82) is 0 Å². The fourth-order valence-electron chi connectivity index (χ4n) is 4.72. The Balaban J connectivity index is 1.35. The fourth-order valence-corrected chi connectivity index (χ4v) is 4.72. The summed E-state index contributed by atoms with van der Waals surface area (Å²) in [6.07, 6.45) is 17.2. The number of carbonyl (C=O) groups excluding carboxylic acids is 1. The van der Waals surface area contributed by atoms with Gasteiger partial charge < -0.3 is 10.1 Å². The van der Waals surface area contributed by atoms with Gasteiger partial charge in [0.1, 0.15) is 0 Å². The average molecular weight is 480 g/mol. The van der Waals surface area contributed by atoms with Crippen molar-refractivity contribution < 1.29 is 9.53 Å². The summed E-state index contributed by atoms with van der Waals surface area (Å²) in [5.74, 6) is 0.607. The van der Waals surface area contributed by atoms with Crippen LogP contribution in [0.2, 0.25) is 0 Å². The van der Waals surface area contributed by atoms with Gasteiger partial charge in [-0.05, 0) is 85.6 Å². The summed E-state index contributed by atoms with van der Waals surface area (Å²) >= 11 is 0. The highest BCUT2D eigenvalue weighted by Gasteiger charge is 2.24. The Morgan fingerprint density at radius 1 is 1.00 bits per heavy atom. The minimum Gasteiger partial charge on any atom is -0.356 e. The zero-order valence-electron chi connectivity index (χ0n) is 20.1. The first-order valence-corrected chi connectivity index (χ1v) is 12.7. The molecular formula is C29H29N5O2. The predicted molar refractivity (Wildman–Crippen MR) is 141 cm³/mol. The Morgan fingerprint density at radius 2 is 1.89 bits per heavy atom. The number of aromatic nitrogens is 4. The number of benzene rings is 1. The van der Waals surface area contributed by atoms with Gasteiger partial charge in [0.05, 0.1) is 23.1 Å². The summed E-state index contributed by atoms with van der Waals surface area (Å²) in [6.45, 7) is 0.761. The predicted octanol–water partition coefficient (Wildman–Crippen LogP) is 6.10. The van der Waals surface area contributed by atoms with E-state index >= 15 is 0 Å². The third-order valence-corrected chi connectivity index (χ3v) is 6.83. The highest BCUT2D eigenvalue weighted by molar-refractivity contribution is 5.94. The van der Waals surface area contributed by atoms with E-state index in [2.05, 4.69) is 39.6 Å². The molecule has 1 aliphatic carbocycles. The number of hydrogen-bond donors (Lipinski definition) is 1. The number of fused-ring (bicyclic) bond motifs is 1. The van der Waals surface area contributed by atoms with E-state index < -0.39 is 0 Å². The zero-order chi connectivity index (χ0) is 24.3. The first-order valence-electron chi connectivity index (χ1n) is 12.7. The van der Waals surface area contributed by atoms with E-state index in [1.807, 2.05) is 35.2 Å². The third-order valence-electron chi connectivity index (χ3n) is 6.83. The van der Waals surface area contributed by atoms with Crippen molar-refractivity contribution in [2.45, 2.75) is 44.8 Å². The molecule has 1 aliphatic heterocycles. The summed E-state index contributed by atoms with van der Waals surface area (Å²) in [5, 5.41) is 9.03. The van der Waals surface area contributed by atoms with Crippen molar-refractivity contribution in [2.24, 2.45) is 5.92 Å². The van der Waals surface area contributed by atoms with Crippen LogP contribution in [0.4, 0.5) is 5.69 Å². The van der Waals surface area contributed by atoms with Gasteiger partial charge in [-0.2, -0.15) is 5.10 Å². The molecule has 4 heterocycles. The lowest BCUT2D eigenvalue weighted by molar-refractivity contribution is -0.116. The molecular weight excluding hydrogens is 450 g/mol. The van der Waals surface area contributed by atoms with Crippen molar-refractivity contribution in [1.82, 2.24) is 19.7 Å². The number of carbonyl (C=O) groups is 1. The summed E-state index contributed by atoms with van der Waals surface area (Å²) < 4.78 is 8.09. The molecule has 2 aliphatic rings. The second kappa shape index (κ2) is 10.0. The van der Waals surface area contributed by atoms with Crippen molar-refractivity contribution in [3.63, 3.8) is 0 Å². The fraction of sp³-hybridized carbons (Fsp3) is 0.310. The van der Waals surface area contributed by atoms with Crippen molar-refractivity contribution >= 4 is 34.6 Å². The van der Waals surface area contributed by atoms with Gasteiger partial charge in [-0.15, -0.1) is 0 Å². The average Bonchev–Trinajstić information content (AvgIpc) is 3.66. The standard InChI is InChI=1S/C29H29N5O2/c35-28(15-21-4-5-21)32-24-16-23(18-31-19-24)22-7-9-27-25(17-22)26(8-6-20-10-12-30-13-11-20)33-34(27)29-3-1-2-14-36-29/h6-13,16-19,21,29H,1-5,14-15H2,(H,32,35)/b8-6+. The Hall–Kier alpha value is -3.84. The second-order valence-electron chi connectivity index (χ2n) is 9.65. The molecule has 1 saturated carbocycles. The quantitative estimate of drug-likeness (QED) is 0.346. The van der Waals surface area contributed by atoms with Crippen LogP contribution in [-0.4, -0.2) is 32.3 Å². The van der Waals surface area contributed by atoms with E-state index in [1.54, 1.807) is 18.6 Å².